The molecule has 86 valence electrons. The smallest absolute Gasteiger partial charge is 0.344 e. The van der Waals surface area contributed by atoms with Crippen molar-refractivity contribution >= 4 is 33.5 Å². The van der Waals surface area contributed by atoms with E-state index < -0.39 is 5.97 Å². The molecule has 0 heterocycles. The van der Waals surface area contributed by atoms with E-state index in [1.807, 2.05) is 6.07 Å². The summed E-state index contributed by atoms with van der Waals surface area (Å²) in [5, 5.41) is 0.530. The van der Waals surface area contributed by atoms with Crippen LogP contribution in [0.3, 0.4) is 0 Å². The van der Waals surface area contributed by atoms with Crippen molar-refractivity contribution in [1.29, 1.82) is 0 Å². The summed E-state index contributed by atoms with van der Waals surface area (Å²) in [4.78, 5) is 11.9. The van der Waals surface area contributed by atoms with E-state index in [9.17, 15) is 4.79 Å². The quantitative estimate of drug-likeness (QED) is 0.610. The second kappa shape index (κ2) is 5.34. The minimum atomic E-state index is -0.417. The van der Waals surface area contributed by atoms with Gasteiger partial charge in [0, 0.05) is 9.50 Å². The summed E-state index contributed by atoms with van der Waals surface area (Å²) in [5.74, 6) is 0.0120. The Kier molecular flexibility index (Phi) is 3.82. The summed E-state index contributed by atoms with van der Waals surface area (Å²) in [6, 6.07) is 13.8. The van der Waals surface area contributed by atoms with E-state index in [2.05, 4.69) is 15.9 Å². The topological polar surface area (TPSA) is 26.3 Å². The molecule has 4 heteroatoms. The Balaban J connectivity index is 2.20. The van der Waals surface area contributed by atoms with Gasteiger partial charge in [-0.25, -0.2) is 4.79 Å². The van der Waals surface area contributed by atoms with Crippen LogP contribution in [0.4, 0.5) is 0 Å². The number of carbonyl (C=O) groups excluding carboxylic acids is 1. The Hall–Kier alpha value is -1.32. The van der Waals surface area contributed by atoms with Crippen LogP contribution in [-0.2, 0) is 0 Å². The van der Waals surface area contributed by atoms with Crippen LogP contribution in [0.25, 0.3) is 0 Å². The third-order valence-corrected chi connectivity index (χ3v) is 3.03. The molecule has 2 nitrogen and oxygen atoms in total. The van der Waals surface area contributed by atoms with Crippen molar-refractivity contribution in [3.8, 4) is 5.75 Å². The summed E-state index contributed by atoms with van der Waals surface area (Å²) >= 11 is 9.10. The standard InChI is InChI=1S/C13H8BrClO2/c14-12-7-2-1-6-11(12)13(16)17-10-5-3-4-9(15)8-10/h1-8H. The van der Waals surface area contributed by atoms with E-state index in [1.165, 1.54) is 0 Å². The van der Waals surface area contributed by atoms with E-state index in [0.717, 1.165) is 0 Å². The monoisotopic (exact) mass is 310 g/mol. The van der Waals surface area contributed by atoms with Crippen LogP contribution in [0.5, 0.6) is 5.75 Å². The maximum Gasteiger partial charge on any atom is 0.344 e. The first-order chi connectivity index (χ1) is 8.16. The van der Waals surface area contributed by atoms with Crippen LogP contribution in [0, 0.1) is 0 Å². The fraction of sp³-hybridized carbons (Fsp3) is 0. The molecule has 0 bridgehead atoms. The van der Waals surface area contributed by atoms with E-state index in [1.54, 1.807) is 42.5 Å². The predicted octanol–water partition coefficient (Wildman–Crippen LogP) is 4.32. The molecule has 0 atom stereocenters. The van der Waals surface area contributed by atoms with Gasteiger partial charge in [0.15, 0.2) is 0 Å². The SMILES string of the molecule is O=C(Oc1cccc(Cl)c1)c1ccccc1Br. The third-order valence-electron chi connectivity index (χ3n) is 2.10. The molecule has 0 unspecified atom stereocenters. The van der Waals surface area contributed by atoms with Gasteiger partial charge >= 0.3 is 5.97 Å². The van der Waals surface area contributed by atoms with Crippen LogP contribution in [-0.4, -0.2) is 5.97 Å². The first-order valence-electron chi connectivity index (χ1n) is 4.89. The molecule has 0 aliphatic carbocycles. The van der Waals surface area contributed by atoms with Crippen molar-refractivity contribution in [2.75, 3.05) is 0 Å². The number of benzene rings is 2. The lowest BCUT2D eigenvalue weighted by molar-refractivity contribution is 0.0734. The summed E-state index contributed by atoms with van der Waals surface area (Å²) in [5.41, 5.74) is 0.479. The van der Waals surface area contributed by atoms with Crippen LogP contribution in [0.2, 0.25) is 5.02 Å². The van der Waals surface area contributed by atoms with E-state index in [-0.39, 0.29) is 0 Å². The zero-order valence-electron chi connectivity index (χ0n) is 8.69. The molecule has 0 N–H and O–H groups in total. The lowest BCUT2D eigenvalue weighted by atomic mass is 10.2. The van der Waals surface area contributed by atoms with Gasteiger partial charge < -0.3 is 4.74 Å². The second-order valence-corrected chi connectivity index (χ2v) is 4.62. The van der Waals surface area contributed by atoms with Crippen molar-refractivity contribution in [1.82, 2.24) is 0 Å². The molecule has 17 heavy (non-hydrogen) atoms. The molecule has 0 fully saturated rings. The number of hydrogen-bond acceptors (Lipinski definition) is 2. The molecule has 2 rings (SSSR count). The molecule has 0 saturated carbocycles. The summed E-state index contributed by atoms with van der Waals surface area (Å²) in [6.07, 6.45) is 0. The van der Waals surface area contributed by atoms with Crippen molar-refractivity contribution in [3.63, 3.8) is 0 Å². The number of rotatable bonds is 2. The third kappa shape index (κ3) is 3.08. The van der Waals surface area contributed by atoms with Crippen LogP contribution in [0.15, 0.2) is 53.0 Å². The molecule has 0 aromatic heterocycles. The lowest BCUT2D eigenvalue weighted by Crippen LogP contribution is -2.08. The largest absolute Gasteiger partial charge is 0.423 e. The molecule has 2 aromatic carbocycles. The maximum atomic E-state index is 11.9. The minimum Gasteiger partial charge on any atom is -0.423 e. The van der Waals surface area contributed by atoms with Gasteiger partial charge in [0.25, 0.3) is 0 Å². The molecular weight excluding hydrogens is 303 g/mol. The van der Waals surface area contributed by atoms with Crippen molar-refractivity contribution < 1.29 is 9.53 Å². The number of hydrogen-bond donors (Lipinski definition) is 0. The summed E-state index contributed by atoms with van der Waals surface area (Å²) in [6.45, 7) is 0. The van der Waals surface area contributed by atoms with E-state index in [4.69, 9.17) is 16.3 Å². The average molecular weight is 312 g/mol. The van der Waals surface area contributed by atoms with Crippen molar-refractivity contribution in [2.45, 2.75) is 0 Å². The average Bonchev–Trinajstić information content (AvgIpc) is 2.29. The van der Waals surface area contributed by atoms with E-state index >= 15 is 0 Å². The Morgan fingerprint density at radius 3 is 2.59 bits per heavy atom. The first kappa shape index (κ1) is 12.1. The highest BCUT2D eigenvalue weighted by molar-refractivity contribution is 9.10. The highest BCUT2D eigenvalue weighted by atomic mass is 79.9. The molecule has 2 aromatic rings. The van der Waals surface area contributed by atoms with Gasteiger partial charge in [-0.1, -0.05) is 29.8 Å². The zero-order valence-corrected chi connectivity index (χ0v) is 11.0. The predicted molar refractivity (Wildman–Crippen MR) is 70.6 cm³/mol. The van der Waals surface area contributed by atoms with Gasteiger partial charge in [0.2, 0.25) is 0 Å². The van der Waals surface area contributed by atoms with Gasteiger partial charge in [-0.3, -0.25) is 0 Å². The zero-order chi connectivity index (χ0) is 12.3. The molecule has 0 aliphatic rings. The summed E-state index contributed by atoms with van der Waals surface area (Å²) < 4.78 is 5.91. The van der Waals surface area contributed by atoms with Gasteiger partial charge in [0.05, 0.1) is 5.56 Å². The molecule has 0 spiro atoms. The minimum absolute atomic E-state index is 0.417. The highest BCUT2D eigenvalue weighted by Crippen LogP contribution is 2.21. The normalized spacial score (nSPS) is 10.0. The number of ether oxygens (including phenoxy) is 1. The van der Waals surface area contributed by atoms with Gasteiger partial charge in [0.1, 0.15) is 5.75 Å². The van der Waals surface area contributed by atoms with Crippen LogP contribution >= 0.6 is 27.5 Å². The molecule has 0 saturated heterocycles. The Morgan fingerprint density at radius 2 is 1.88 bits per heavy atom. The second-order valence-electron chi connectivity index (χ2n) is 3.33. The van der Waals surface area contributed by atoms with Gasteiger partial charge in [-0.15, -0.1) is 0 Å². The lowest BCUT2D eigenvalue weighted by Gasteiger charge is -2.05. The number of esters is 1. The number of halogens is 2. The fourth-order valence-electron chi connectivity index (χ4n) is 1.32. The Morgan fingerprint density at radius 1 is 1.12 bits per heavy atom. The van der Waals surface area contributed by atoms with Crippen LogP contribution < -0.4 is 4.74 Å². The van der Waals surface area contributed by atoms with Gasteiger partial charge in [-0.05, 0) is 46.3 Å². The van der Waals surface area contributed by atoms with Crippen molar-refractivity contribution in [3.05, 3.63) is 63.6 Å². The van der Waals surface area contributed by atoms with Crippen molar-refractivity contribution in [2.24, 2.45) is 0 Å². The summed E-state index contributed by atoms with van der Waals surface area (Å²) in [7, 11) is 0. The molecular formula is C13H8BrClO2. The highest BCUT2D eigenvalue weighted by Gasteiger charge is 2.11. The fourth-order valence-corrected chi connectivity index (χ4v) is 1.95. The van der Waals surface area contributed by atoms with Crippen LogP contribution in [0.1, 0.15) is 10.4 Å². The molecule has 0 aliphatic heterocycles. The first-order valence-corrected chi connectivity index (χ1v) is 6.06. The Labute approximate surface area is 112 Å². The molecule has 0 radical (unpaired) electrons. The molecule has 0 amide bonds. The van der Waals surface area contributed by atoms with E-state index in [0.29, 0.717) is 20.8 Å². The Bertz CT molecular complexity index is 555. The van der Waals surface area contributed by atoms with Gasteiger partial charge in [-0.2, -0.15) is 0 Å². The maximum absolute atomic E-state index is 11.9. The number of carbonyl (C=O) groups is 1.